The van der Waals surface area contributed by atoms with Crippen molar-refractivity contribution in [1.82, 2.24) is 9.38 Å². The molecule has 3 aromatic rings. The van der Waals surface area contributed by atoms with E-state index in [4.69, 9.17) is 9.47 Å². The predicted octanol–water partition coefficient (Wildman–Crippen LogP) is 3.28. The number of hydrogen-bond acceptors (Lipinski definition) is 4. The highest BCUT2D eigenvalue weighted by molar-refractivity contribution is 6.03. The average Bonchev–Trinajstić information content (AvgIpc) is 3.30. The van der Waals surface area contributed by atoms with Gasteiger partial charge in [0.05, 0.1) is 6.10 Å². The summed E-state index contributed by atoms with van der Waals surface area (Å²) in [4.78, 5) is 16.4. The average molecular weight is 355 g/mol. The molecule has 0 bridgehead atoms. The number of hydrogen-bond donors (Lipinski definition) is 1. The van der Waals surface area contributed by atoms with Gasteiger partial charge < -0.3 is 14.8 Å². The Kier molecular flexibility index (Phi) is 4.53. The van der Waals surface area contributed by atoms with E-state index in [-0.39, 0.29) is 11.8 Å². The van der Waals surface area contributed by atoms with Crippen LogP contribution in [0.1, 0.15) is 23.3 Å². The van der Waals surface area contributed by atoms with Crippen LogP contribution >= 0.6 is 0 Å². The summed E-state index contributed by atoms with van der Waals surface area (Å²) in [5, 5.41) is 2.65. The van der Waals surface area contributed by atoms with Gasteiger partial charge in [0.1, 0.15) is 18.0 Å². The summed E-state index contributed by atoms with van der Waals surface area (Å²) in [6.07, 6.45) is 3.75. The molecule has 1 aliphatic rings. The van der Waals surface area contributed by atoms with Gasteiger partial charge in [-0.05, 0) is 49.2 Å². The standard InChI is InChI=1S/C19H18FN3O3/c20-18-17(22-16-5-1-2-10-23(16)18)19(24)21-13-6-8-14(9-7-13)26-12-15-4-3-11-25-15/h1-2,5-10,15H,3-4,11-12H2,(H,21,24). The highest BCUT2D eigenvalue weighted by Gasteiger charge is 2.19. The summed E-state index contributed by atoms with van der Waals surface area (Å²) in [7, 11) is 0. The van der Waals surface area contributed by atoms with E-state index in [2.05, 4.69) is 10.3 Å². The number of pyridine rings is 1. The molecule has 0 spiro atoms. The molecule has 3 heterocycles. The fourth-order valence-electron chi connectivity index (χ4n) is 2.90. The van der Waals surface area contributed by atoms with E-state index >= 15 is 0 Å². The van der Waals surface area contributed by atoms with Gasteiger partial charge in [-0.2, -0.15) is 4.39 Å². The normalized spacial score (nSPS) is 16.7. The number of halogens is 1. The first kappa shape index (κ1) is 16.5. The minimum atomic E-state index is -0.686. The van der Waals surface area contributed by atoms with E-state index in [1.54, 1.807) is 42.5 Å². The number of imidazole rings is 1. The highest BCUT2D eigenvalue weighted by Crippen LogP contribution is 2.19. The van der Waals surface area contributed by atoms with Gasteiger partial charge in [0.15, 0.2) is 5.69 Å². The second kappa shape index (κ2) is 7.13. The number of benzene rings is 1. The fourth-order valence-corrected chi connectivity index (χ4v) is 2.90. The van der Waals surface area contributed by atoms with Gasteiger partial charge in [0, 0.05) is 18.5 Å². The SMILES string of the molecule is O=C(Nc1ccc(OCC2CCCO2)cc1)c1nc2ccccn2c1F. The third-order valence-electron chi connectivity index (χ3n) is 4.26. The summed E-state index contributed by atoms with van der Waals surface area (Å²) in [5.41, 5.74) is 0.680. The minimum absolute atomic E-state index is 0.146. The number of anilines is 1. The molecular weight excluding hydrogens is 337 g/mol. The number of carbonyl (C=O) groups is 1. The molecule has 134 valence electrons. The van der Waals surface area contributed by atoms with E-state index in [1.165, 1.54) is 10.6 Å². The van der Waals surface area contributed by atoms with Crippen LogP contribution in [0, 0.1) is 5.95 Å². The number of aromatic nitrogens is 2. The second-order valence-electron chi connectivity index (χ2n) is 6.10. The lowest BCUT2D eigenvalue weighted by Crippen LogP contribution is -2.16. The molecular formula is C19H18FN3O3. The molecule has 0 radical (unpaired) electrons. The van der Waals surface area contributed by atoms with E-state index in [1.807, 2.05) is 0 Å². The van der Waals surface area contributed by atoms with Gasteiger partial charge in [-0.1, -0.05) is 6.07 Å². The zero-order valence-electron chi connectivity index (χ0n) is 14.0. The molecule has 26 heavy (non-hydrogen) atoms. The monoisotopic (exact) mass is 355 g/mol. The van der Waals surface area contributed by atoms with Crippen LogP contribution in [-0.4, -0.2) is 34.6 Å². The summed E-state index contributed by atoms with van der Waals surface area (Å²) < 4.78 is 26.7. The van der Waals surface area contributed by atoms with Gasteiger partial charge in [-0.25, -0.2) is 4.98 Å². The van der Waals surface area contributed by atoms with Crippen LogP contribution in [0.15, 0.2) is 48.7 Å². The summed E-state index contributed by atoms with van der Waals surface area (Å²) in [6.45, 7) is 1.30. The van der Waals surface area contributed by atoms with Crippen LogP contribution in [-0.2, 0) is 4.74 Å². The molecule has 4 rings (SSSR count). The van der Waals surface area contributed by atoms with Crippen LogP contribution in [0.2, 0.25) is 0 Å². The summed E-state index contributed by atoms with van der Waals surface area (Å²) in [5.74, 6) is -0.591. The van der Waals surface area contributed by atoms with Crippen molar-refractivity contribution in [3.8, 4) is 5.75 Å². The van der Waals surface area contributed by atoms with Gasteiger partial charge in [0.25, 0.3) is 5.91 Å². The van der Waals surface area contributed by atoms with Gasteiger partial charge in [-0.3, -0.25) is 9.20 Å². The first-order valence-electron chi connectivity index (χ1n) is 8.49. The number of amides is 1. The quantitative estimate of drug-likeness (QED) is 0.763. The smallest absolute Gasteiger partial charge is 0.279 e. The van der Waals surface area contributed by atoms with Crippen molar-refractivity contribution in [3.63, 3.8) is 0 Å². The van der Waals surface area contributed by atoms with Crippen molar-refractivity contribution < 1.29 is 18.7 Å². The van der Waals surface area contributed by atoms with Crippen molar-refractivity contribution in [1.29, 1.82) is 0 Å². The number of ether oxygens (including phenoxy) is 2. The molecule has 1 N–H and O–H groups in total. The van der Waals surface area contributed by atoms with Gasteiger partial charge in [-0.15, -0.1) is 0 Å². The fraction of sp³-hybridized carbons (Fsp3) is 0.263. The molecule has 1 aromatic carbocycles. The third kappa shape index (κ3) is 3.39. The highest BCUT2D eigenvalue weighted by atomic mass is 19.1. The third-order valence-corrected chi connectivity index (χ3v) is 4.26. The number of nitrogens with one attached hydrogen (secondary N) is 1. The topological polar surface area (TPSA) is 64.9 Å². The van der Waals surface area contributed by atoms with Crippen LogP contribution < -0.4 is 10.1 Å². The van der Waals surface area contributed by atoms with Crippen LogP contribution in [0.3, 0.4) is 0 Å². The van der Waals surface area contributed by atoms with E-state index in [9.17, 15) is 9.18 Å². The number of rotatable bonds is 5. The minimum Gasteiger partial charge on any atom is -0.491 e. The maximum Gasteiger partial charge on any atom is 0.279 e. The van der Waals surface area contributed by atoms with Crippen molar-refractivity contribution >= 4 is 17.2 Å². The molecule has 1 saturated heterocycles. The Morgan fingerprint density at radius 2 is 2.15 bits per heavy atom. The predicted molar refractivity (Wildman–Crippen MR) is 94.0 cm³/mol. The molecule has 6 nitrogen and oxygen atoms in total. The summed E-state index contributed by atoms with van der Waals surface area (Å²) in [6, 6.07) is 12.0. The molecule has 1 atom stereocenters. The zero-order valence-corrected chi connectivity index (χ0v) is 14.0. The first-order chi connectivity index (χ1) is 12.7. The Morgan fingerprint density at radius 3 is 2.88 bits per heavy atom. The Bertz CT molecular complexity index is 917. The number of fused-ring (bicyclic) bond motifs is 1. The maximum absolute atomic E-state index is 14.3. The maximum atomic E-state index is 14.3. The van der Waals surface area contributed by atoms with Crippen molar-refractivity contribution in [2.24, 2.45) is 0 Å². The van der Waals surface area contributed by atoms with Gasteiger partial charge in [0.2, 0.25) is 5.95 Å². The Hall–Kier alpha value is -2.93. The number of nitrogens with zero attached hydrogens (tertiary/aromatic N) is 2. The molecule has 1 amide bonds. The molecule has 2 aromatic heterocycles. The summed E-state index contributed by atoms with van der Waals surface area (Å²) >= 11 is 0. The molecule has 1 aliphatic heterocycles. The van der Waals surface area contributed by atoms with Crippen LogP contribution in [0.25, 0.3) is 5.65 Å². The lowest BCUT2D eigenvalue weighted by molar-refractivity contribution is 0.0679. The largest absolute Gasteiger partial charge is 0.491 e. The molecule has 0 saturated carbocycles. The van der Waals surface area contributed by atoms with E-state index in [0.717, 1.165) is 19.4 Å². The van der Waals surface area contributed by atoms with Crippen LogP contribution in [0.4, 0.5) is 10.1 Å². The van der Waals surface area contributed by atoms with Crippen molar-refractivity contribution in [2.45, 2.75) is 18.9 Å². The van der Waals surface area contributed by atoms with Crippen LogP contribution in [0.5, 0.6) is 5.75 Å². The van der Waals surface area contributed by atoms with E-state index < -0.39 is 11.9 Å². The van der Waals surface area contributed by atoms with E-state index in [0.29, 0.717) is 23.7 Å². The Balaban J connectivity index is 1.41. The first-order valence-corrected chi connectivity index (χ1v) is 8.49. The zero-order chi connectivity index (χ0) is 17.9. The molecule has 1 fully saturated rings. The molecule has 1 unspecified atom stereocenters. The molecule has 0 aliphatic carbocycles. The van der Waals surface area contributed by atoms with Crippen molar-refractivity contribution in [2.75, 3.05) is 18.5 Å². The Labute approximate surface area is 149 Å². The number of carbonyl (C=O) groups excluding carboxylic acids is 1. The van der Waals surface area contributed by atoms with Crippen molar-refractivity contribution in [3.05, 3.63) is 60.3 Å². The lowest BCUT2D eigenvalue weighted by Gasteiger charge is -2.11. The Morgan fingerprint density at radius 1 is 1.31 bits per heavy atom. The lowest BCUT2D eigenvalue weighted by atomic mass is 10.2. The molecule has 7 heteroatoms. The second-order valence-corrected chi connectivity index (χ2v) is 6.10. The van der Waals surface area contributed by atoms with Gasteiger partial charge >= 0.3 is 0 Å².